The number of rotatable bonds is 2. The molecule has 5 heteroatoms. The number of benzene rings is 1. The molecule has 2 aromatic rings. The normalized spacial score (nSPS) is 18.1. The topological polar surface area (TPSA) is 63.3 Å². The Hall–Kier alpha value is -2.17. The summed E-state index contributed by atoms with van der Waals surface area (Å²) in [5, 5.41) is 9.01. The maximum atomic E-state index is 13.2. The van der Waals surface area contributed by atoms with E-state index in [2.05, 4.69) is 4.98 Å². The predicted octanol–water partition coefficient (Wildman–Crippen LogP) is 2.67. The first-order valence-electron chi connectivity index (χ1n) is 6.11. The number of carbonyl (C=O) groups is 1. The van der Waals surface area contributed by atoms with Gasteiger partial charge in [-0.25, -0.2) is 9.37 Å². The summed E-state index contributed by atoms with van der Waals surface area (Å²) in [7, 11) is 0. The molecule has 3 rings (SSSR count). The van der Waals surface area contributed by atoms with Crippen LogP contribution >= 0.6 is 0 Å². The Morgan fingerprint density at radius 3 is 3.05 bits per heavy atom. The third-order valence-corrected chi connectivity index (χ3v) is 3.36. The van der Waals surface area contributed by atoms with Crippen LogP contribution in [0.5, 0.6) is 0 Å². The minimum absolute atomic E-state index is 0.350. The van der Waals surface area contributed by atoms with E-state index in [1.54, 1.807) is 12.1 Å². The van der Waals surface area contributed by atoms with Crippen molar-refractivity contribution in [2.45, 2.75) is 19.3 Å². The smallest absolute Gasteiger partial charge is 0.306 e. The molecule has 1 N–H and O–H groups in total. The quantitative estimate of drug-likeness (QED) is 0.902. The molecule has 4 nitrogen and oxygen atoms in total. The molecule has 98 valence electrons. The van der Waals surface area contributed by atoms with E-state index in [0.29, 0.717) is 36.5 Å². The van der Waals surface area contributed by atoms with Crippen molar-refractivity contribution in [2.24, 2.45) is 5.92 Å². The van der Waals surface area contributed by atoms with Gasteiger partial charge in [0.2, 0.25) is 5.89 Å². The lowest BCUT2D eigenvalue weighted by molar-refractivity contribution is -0.142. The molecule has 0 aliphatic heterocycles. The summed E-state index contributed by atoms with van der Waals surface area (Å²) in [6.07, 6.45) is 1.51. The average Bonchev–Trinajstić information content (AvgIpc) is 2.81. The largest absolute Gasteiger partial charge is 0.481 e. The molecule has 0 amide bonds. The zero-order chi connectivity index (χ0) is 13.4. The van der Waals surface area contributed by atoms with Gasteiger partial charge in [-0.3, -0.25) is 4.79 Å². The van der Waals surface area contributed by atoms with Gasteiger partial charge in [-0.1, -0.05) is 6.07 Å². The van der Waals surface area contributed by atoms with Crippen LogP contribution in [0.3, 0.4) is 0 Å². The fourth-order valence-corrected chi connectivity index (χ4v) is 2.33. The second-order valence-corrected chi connectivity index (χ2v) is 4.68. The van der Waals surface area contributed by atoms with E-state index in [9.17, 15) is 9.18 Å². The maximum absolute atomic E-state index is 13.2. The van der Waals surface area contributed by atoms with Crippen LogP contribution in [-0.4, -0.2) is 16.1 Å². The lowest BCUT2D eigenvalue weighted by atomic mass is 9.91. The summed E-state index contributed by atoms with van der Waals surface area (Å²) in [6.45, 7) is 0. The van der Waals surface area contributed by atoms with Crippen molar-refractivity contribution in [3.63, 3.8) is 0 Å². The number of hydrogen-bond acceptors (Lipinski definition) is 3. The lowest BCUT2D eigenvalue weighted by Gasteiger charge is -2.15. The van der Waals surface area contributed by atoms with Crippen LogP contribution in [0.25, 0.3) is 11.5 Å². The van der Waals surface area contributed by atoms with Crippen molar-refractivity contribution in [1.82, 2.24) is 4.98 Å². The number of carboxylic acids is 1. The Balaban J connectivity index is 1.93. The first-order valence-corrected chi connectivity index (χ1v) is 6.11. The number of fused-ring (bicyclic) bond motifs is 1. The lowest BCUT2D eigenvalue weighted by Crippen LogP contribution is -2.21. The van der Waals surface area contributed by atoms with Crippen LogP contribution in [0.1, 0.15) is 17.9 Å². The van der Waals surface area contributed by atoms with Crippen molar-refractivity contribution >= 4 is 5.97 Å². The number of oxazole rings is 1. The minimum atomic E-state index is -0.811. The van der Waals surface area contributed by atoms with Gasteiger partial charge >= 0.3 is 5.97 Å². The molecule has 1 aliphatic carbocycles. The number of aryl methyl sites for hydroxylation is 1. The fraction of sp³-hybridized carbons (Fsp3) is 0.286. The predicted molar refractivity (Wildman–Crippen MR) is 65.0 cm³/mol. The molecule has 1 unspecified atom stereocenters. The van der Waals surface area contributed by atoms with Crippen molar-refractivity contribution in [3.05, 3.63) is 41.5 Å². The van der Waals surface area contributed by atoms with Crippen molar-refractivity contribution in [3.8, 4) is 11.5 Å². The SMILES string of the molecule is O=C(O)C1CCc2nc(-c3cccc(F)c3)oc2C1. The molecule has 1 atom stereocenters. The zero-order valence-electron chi connectivity index (χ0n) is 10.1. The van der Waals surface area contributed by atoms with Gasteiger partial charge in [0, 0.05) is 12.0 Å². The summed E-state index contributed by atoms with van der Waals surface area (Å²) in [5.41, 5.74) is 1.36. The molecule has 0 radical (unpaired) electrons. The van der Waals surface area contributed by atoms with Crippen molar-refractivity contribution in [1.29, 1.82) is 0 Å². The van der Waals surface area contributed by atoms with Crippen LogP contribution < -0.4 is 0 Å². The summed E-state index contributed by atoms with van der Waals surface area (Å²) in [4.78, 5) is 15.3. The van der Waals surface area contributed by atoms with Gasteiger partial charge in [-0.15, -0.1) is 0 Å². The molecular weight excluding hydrogens is 249 g/mol. The number of aromatic nitrogens is 1. The number of hydrogen-bond donors (Lipinski definition) is 1. The summed E-state index contributed by atoms with van der Waals surface area (Å²) >= 11 is 0. The maximum Gasteiger partial charge on any atom is 0.306 e. The molecule has 1 aromatic heterocycles. The highest BCUT2D eigenvalue weighted by molar-refractivity contribution is 5.70. The molecule has 0 bridgehead atoms. The van der Waals surface area contributed by atoms with Gasteiger partial charge in [0.05, 0.1) is 11.6 Å². The zero-order valence-corrected chi connectivity index (χ0v) is 10.1. The Morgan fingerprint density at radius 1 is 1.47 bits per heavy atom. The van der Waals surface area contributed by atoms with E-state index in [0.717, 1.165) is 5.69 Å². The number of carboxylic acid groups (broad SMARTS) is 1. The number of nitrogens with zero attached hydrogens (tertiary/aromatic N) is 1. The Kier molecular flexibility index (Phi) is 2.81. The molecule has 0 saturated heterocycles. The standard InChI is InChI=1S/C14H12FNO3/c15-10-3-1-2-8(6-10)13-16-11-5-4-9(14(17)18)7-12(11)19-13/h1-3,6,9H,4-5,7H2,(H,17,18). The summed E-state index contributed by atoms with van der Waals surface area (Å²) in [5.74, 6) is -0.610. The Labute approximate surface area is 108 Å². The molecule has 1 aromatic carbocycles. The third kappa shape index (κ3) is 2.23. The van der Waals surface area contributed by atoms with E-state index in [1.807, 2.05) is 0 Å². The van der Waals surface area contributed by atoms with Gasteiger partial charge < -0.3 is 9.52 Å². The third-order valence-electron chi connectivity index (χ3n) is 3.36. The van der Waals surface area contributed by atoms with Crippen molar-refractivity contribution in [2.75, 3.05) is 0 Å². The minimum Gasteiger partial charge on any atom is -0.481 e. The highest BCUT2D eigenvalue weighted by Gasteiger charge is 2.28. The summed E-state index contributed by atoms with van der Waals surface area (Å²) in [6, 6.07) is 6.02. The molecule has 0 spiro atoms. The molecule has 1 aliphatic rings. The van der Waals surface area contributed by atoms with Crippen molar-refractivity contribution < 1.29 is 18.7 Å². The Morgan fingerprint density at radius 2 is 2.32 bits per heavy atom. The Bertz CT molecular complexity index is 635. The van der Waals surface area contributed by atoms with E-state index >= 15 is 0 Å². The van der Waals surface area contributed by atoms with E-state index in [-0.39, 0.29) is 5.82 Å². The second-order valence-electron chi connectivity index (χ2n) is 4.68. The first kappa shape index (κ1) is 11.9. The van der Waals surface area contributed by atoms with Gasteiger partial charge in [-0.2, -0.15) is 0 Å². The van der Waals surface area contributed by atoms with Gasteiger partial charge in [0.1, 0.15) is 11.6 Å². The summed E-state index contributed by atoms with van der Waals surface area (Å²) < 4.78 is 18.7. The molecular formula is C14H12FNO3. The highest BCUT2D eigenvalue weighted by Crippen LogP contribution is 2.30. The molecule has 1 heterocycles. The molecule has 19 heavy (non-hydrogen) atoms. The van der Waals surface area contributed by atoms with Crippen LogP contribution in [0, 0.1) is 11.7 Å². The van der Waals surface area contributed by atoms with Gasteiger partial charge in [0.25, 0.3) is 0 Å². The van der Waals surface area contributed by atoms with E-state index in [1.165, 1.54) is 12.1 Å². The molecule has 0 fully saturated rings. The highest BCUT2D eigenvalue weighted by atomic mass is 19.1. The first-order chi connectivity index (χ1) is 9.13. The monoisotopic (exact) mass is 261 g/mol. The fourth-order valence-electron chi connectivity index (χ4n) is 2.33. The number of halogens is 1. The van der Waals surface area contributed by atoms with Gasteiger partial charge in [-0.05, 0) is 31.0 Å². The van der Waals surface area contributed by atoms with Crippen LogP contribution in [0.2, 0.25) is 0 Å². The van der Waals surface area contributed by atoms with Crippen LogP contribution in [0.4, 0.5) is 4.39 Å². The molecule has 0 saturated carbocycles. The van der Waals surface area contributed by atoms with E-state index < -0.39 is 11.9 Å². The van der Waals surface area contributed by atoms with Crippen LogP contribution in [0.15, 0.2) is 28.7 Å². The number of aliphatic carboxylic acids is 1. The van der Waals surface area contributed by atoms with E-state index in [4.69, 9.17) is 9.52 Å². The van der Waals surface area contributed by atoms with Gasteiger partial charge in [0.15, 0.2) is 0 Å². The van der Waals surface area contributed by atoms with Crippen LogP contribution in [-0.2, 0) is 17.6 Å². The second kappa shape index (κ2) is 4.50. The average molecular weight is 261 g/mol.